The molecule has 0 saturated heterocycles. The monoisotopic (exact) mass is 346 g/mol. The second-order valence-electron chi connectivity index (χ2n) is 6.96. The second kappa shape index (κ2) is 8.66. The van der Waals surface area contributed by atoms with Gasteiger partial charge in [0, 0.05) is 29.6 Å². The molecule has 1 fully saturated rings. The SMILES string of the molecule is O=C(CN(C1=NCCCCC1)C1CCCCC1)c1ccc(Cl)cc1. The van der Waals surface area contributed by atoms with Crippen molar-refractivity contribution in [2.45, 2.75) is 63.8 Å². The van der Waals surface area contributed by atoms with Crippen LogP contribution in [0.3, 0.4) is 0 Å². The Hall–Kier alpha value is -1.35. The number of nitrogens with zero attached hydrogens (tertiary/aromatic N) is 2. The molecule has 1 saturated carbocycles. The Morgan fingerprint density at radius 1 is 1.04 bits per heavy atom. The number of hydrogen-bond donors (Lipinski definition) is 0. The number of carbonyl (C=O) groups excluding carboxylic acids is 1. The van der Waals surface area contributed by atoms with Crippen molar-refractivity contribution in [3.63, 3.8) is 0 Å². The Kier molecular flexibility index (Phi) is 6.30. The molecule has 4 heteroatoms. The van der Waals surface area contributed by atoms with E-state index in [1.165, 1.54) is 57.2 Å². The predicted molar refractivity (Wildman–Crippen MR) is 100 cm³/mol. The molecule has 0 spiro atoms. The van der Waals surface area contributed by atoms with E-state index >= 15 is 0 Å². The van der Waals surface area contributed by atoms with Crippen molar-refractivity contribution in [3.8, 4) is 0 Å². The van der Waals surface area contributed by atoms with E-state index in [-0.39, 0.29) is 5.78 Å². The lowest BCUT2D eigenvalue weighted by Gasteiger charge is -2.36. The van der Waals surface area contributed by atoms with Gasteiger partial charge in [-0.2, -0.15) is 0 Å². The molecule has 2 aliphatic rings. The smallest absolute Gasteiger partial charge is 0.182 e. The van der Waals surface area contributed by atoms with Gasteiger partial charge in [-0.1, -0.05) is 37.3 Å². The van der Waals surface area contributed by atoms with Crippen molar-refractivity contribution >= 4 is 23.2 Å². The number of rotatable bonds is 4. The molecule has 1 aliphatic carbocycles. The van der Waals surface area contributed by atoms with Crippen LogP contribution in [0.15, 0.2) is 29.3 Å². The average molecular weight is 347 g/mol. The molecule has 0 bridgehead atoms. The van der Waals surface area contributed by atoms with Crippen LogP contribution in [0, 0.1) is 0 Å². The van der Waals surface area contributed by atoms with Gasteiger partial charge < -0.3 is 4.90 Å². The third kappa shape index (κ3) is 4.60. The highest BCUT2D eigenvalue weighted by atomic mass is 35.5. The highest BCUT2D eigenvalue weighted by Crippen LogP contribution is 2.25. The molecule has 0 N–H and O–H groups in total. The molecule has 3 rings (SSSR count). The summed E-state index contributed by atoms with van der Waals surface area (Å²) in [7, 11) is 0. The summed E-state index contributed by atoms with van der Waals surface area (Å²) in [6.07, 6.45) is 10.9. The maximum absolute atomic E-state index is 12.8. The van der Waals surface area contributed by atoms with Crippen LogP contribution in [-0.2, 0) is 0 Å². The molecule has 3 nitrogen and oxygen atoms in total. The number of hydrogen-bond acceptors (Lipinski definition) is 3. The molecule has 0 aromatic heterocycles. The fourth-order valence-electron chi connectivity index (χ4n) is 3.80. The van der Waals surface area contributed by atoms with Gasteiger partial charge in [0.2, 0.25) is 0 Å². The van der Waals surface area contributed by atoms with E-state index in [0.29, 0.717) is 17.6 Å². The first-order valence-electron chi connectivity index (χ1n) is 9.33. The van der Waals surface area contributed by atoms with Crippen molar-refractivity contribution < 1.29 is 4.79 Å². The van der Waals surface area contributed by atoms with Crippen LogP contribution in [0.1, 0.15) is 68.1 Å². The van der Waals surface area contributed by atoms with Crippen molar-refractivity contribution in [1.82, 2.24) is 4.90 Å². The Morgan fingerprint density at radius 3 is 2.50 bits per heavy atom. The molecule has 1 aromatic carbocycles. The number of carbonyl (C=O) groups is 1. The molecule has 1 aromatic rings. The highest BCUT2D eigenvalue weighted by Gasteiger charge is 2.26. The molecule has 1 heterocycles. The quantitative estimate of drug-likeness (QED) is 0.708. The van der Waals surface area contributed by atoms with Crippen LogP contribution < -0.4 is 0 Å². The zero-order valence-electron chi connectivity index (χ0n) is 14.3. The number of amidine groups is 1. The molecule has 0 amide bonds. The zero-order chi connectivity index (χ0) is 16.8. The van der Waals surface area contributed by atoms with Gasteiger partial charge in [0.1, 0.15) is 0 Å². The first-order chi connectivity index (χ1) is 11.7. The van der Waals surface area contributed by atoms with Gasteiger partial charge in [-0.05, 0) is 49.9 Å². The van der Waals surface area contributed by atoms with Crippen LogP contribution in [-0.4, -0.2) is 35.7 Å². The van der Waals surface area contributed by atoms with Gasteiger partial charge in [-0.15, -0.1) is 0 Å². The lowest BCUT2D eigenvalue weighted by Crippen LogP contribution is -2.44. The van der Waals surface area contributed by atoms with E-state index in [9.17, 15) is 4.79 Å². The van der Waals surface area contributed by atoms with Crippen LogP contribution in [0.25, 0.3) is 0 Å². The summed E-state index contributed by atoms with van der Waals surface area (Å²) in [4.78, 5) is 20.0. The summed E-state index contributed by atoms with van der Waals surface area (Å²) in [6.45, 7) is 1.36. The van der Waals surface area contributed by atoms with Gasteiger partial charge >= 0.3 is 0 Å². The van der Waals surface area contributed by atoms with Gasteiger partial charge in [0.05, 0.1) is 12.4 Å². The van der Waals surface area contributed by atoms with Gasteiger partial charge in [0.15, 0.2) is 5.78 Å². The molecule has 130 valence electrons. The summed E-state index contributed by atoms with van der Waals surface area (Å²) >= 11 is 5.94. The Bertz CT molecular complexity index is 576. The standard InChI is InChI=1S/C20H27ClN2O/c21-17-12-10-16(11-13-17)19(24)15-23(18-7-3-1-4-8-18)20-9-5-2-6-14-22-20/h10-13,18H,1-9,14-15H2. The van der Waals surface area contributed by atoms with Crippen LogP contribution >= 0.6 is 11.6 Å². The van der Waals surface area contributed by atoms with Gasteiger partial charge in [-0.25, -0.2) is 0 Å². The lowest BCUT2D eigenvalue weighted by atomic mass is 9.93. The lowest BCUT2D eigenvalue weighted by molar-refractivity contribution is 0.0934. The number of ketones is 1. The number of aliphatic imine (C=N–C) groups is 1. The zero-order valence-corrected chi connectivity index (χ0v) is 15.1. The largest absolute Gasteiger partial charge is 0.350 e. The molecular weight excluding hydrogens is 320 g/mol. The highest BCUT2D eigenvalue weighted by molar-refractivity contribution is 6.30. The Labute approximate surface area is 150 Å². The minimum absolute atomic E-state index is 0.171. The first-order valence-corrected chi connectivity index (χ1v) is 9.70. The third-order valence-corrected chi connectivity index (χ3v) is 5.43. The topological polar surface area (TPSA) is 32.7 Å². The van der Waals surface area contributed by atoms with Crippen LogP contribution in [0.5, 0.6) is 0 Å². The number of Topliss-reactive ketones (excluding diaryl/α,β-unsaturated/α-hetero) is 1. The van der Waals surface area contributed by atoms with E-state index in [1.54, 1.807) is 12.1 Å². The average Bonchev–Trinajstić information content (AvgIpc) is 2.90. The summed E-state index contributed by atoms with van der Waals surface area (Å²) in [6, 6.07) is 7.73. The van der Waals surface area contributed by atoms with E-state index in [4.69, 9.17) is 16.6 Å². The maximum Gasteiger partial charge on any atom is 0.182 e. The van der Waals surface area contributed by atoms with Gasteiger partial charge in [0.25, 0.3) is 0 Å². The molecule has 0 radical (unpaired) electrons. The first kappa shape index (κ1) is 17.5. The molecule has 24 heavy (non-hydrogen) atoms. The summed E-state index contributed by atoms with van der Waals surface area (Å²) in [5, 5.41) is 0.670. The van der Waals surface area contributed by atoms with Crippen molar-refractivity contribution in [1.29, 1.82) is 0 Å². The predicted octanol–water partition coefficient (Wildman–Crippen LogP) is 5.13. The maximum atomic E-state index is 12.8. The molecule has 0 unspecified atom stereocenters. The minimum atomic E-state index is 0.171. The molecule has 0 atom stereocenters. The number of benzene rings is 1. The van der Waals surface area contributed by atoms with Crippen molar-refractivity contribution in [2.75, 3.05) is 13.1 Å². The fourth-order valence-corrected chi connectivity index (χ4v) is 3.92. The van der Waals surface area contributed by atoms with E-state index in [0.717, 1.165) is 18.5 Å². The van der Waals surface area contributed by atoms with Crippen LogP contribution in [0.2, 0.25) is 5.02 Å². The summed E-state index contributed by atoms with van der Waals surface area (Å²) < 4.78 is 0. The van der Waals surface area contributed by atoms with Crippen molar-refractivity contribution in [3.05, 3.63) is 34.9 Å². The second-order valence-corrected chi connectivity index (χ2v) is 7.39. The van der Waals surface area contributed by atoms with Gasteiger partial charge in [-0.3, -0.25) is 9.79 Å². The van der Waals surface area contributed by atoms with Crippen LogP contribution in [0.4, 0.5) is 0 Å². The summed E-state index contributed by atoms with van der Waals surface area (Å²) in [5.41, 5.74) is 0.745. The summed E-state index contributed by atoms with van der Waals surface area (Å²) in [5.74, 6) is 1.34. The Morgan fingerprint density at radius 2 is 1.75 bits per heavy atom. The van der Waals surface area contributed by atoms with Crippen molar-refractivity contribution in [2.24, 2.45) is 4.99 Å². The fraction of sp³-hybridized carbons (Fsp3) is 0.600. The van der Waals surface area contributed by atoms with E-state index in [2.05, 4.69) is 4.90 Å². The van der Waals surface area contributed by atoms with E-state index < -0.39 is 0 Å². The molecule has 1 aliphatic heterocycles. The third-order valence-electron chi connectivity index (χ3n) is 5.18. The Balaban J connectivity index is 1.76. The normalized spacial score (nSPS) is 19.5. The minimum Gasteiger partial charge on any atom is -0.350 e. The molecular formula is C20H27ClN2O. The van der Waals surface area contributed by atoms with E-state index in [1.807, 2.05) is 12.1 Å². The number of halogens is 1.